The Hall–Kier alpha value is -3.20. The molecule has 0 unspecified atom stereocenters. The molecule has 1 atom stereocenters. The number of nitrogens with one attached hydrogen (secondary N) is 2. The molecule has 36 heavy (non-hydrogen) atoms. The van der Waals surface area contributed by atoms with E-state index in [1.54, 1.807) is 31.3 Å². The van der Waals surface area contributed by atoms with Crippen molar-refractivity contribution in [3.63, 3.8) is 0 Å². The summed E-state index contributed by atoms with van der Waals surface area (Å²) in [6, 6.07) is 12.5. The van der Waals surface area contributed by atoms with Crippen molar-refractivity contribution in [2.75, 3.05) is 27.3 Å². The number of fused-ring (bicyclic) bond motifs is 1. The van der Waals surface area contributed by atoms with Gasteiger partial charge in [0.2, 0.25) is 0 Å². The fraction of sp³-hybridized carbons (Fsp3) is 0.370. The molecule has 2 aromatic carbocycles. The molecule has 2 heterocycles. The lowest BCUT2D eigenvalue weighted by Crippen LogP contribution is -2.34. The molecule has 0 aliphatic carbocycles. The second-order valence-electron chi connectivity index (χ2n) is 8.55. The first-order valence-corrected chi connectivity index (χ1v) is 11.4. The molecule has 4 aromatic rings. The lowest BCUT2D eigenvalue weighted by molar-refractivity contribution is 0.392. The van der Waals surface area contributed by atoms with E-state index >= 15 is 0 Å². The van der Waals surface area contributed by atoms with E-state index in [1.807, 2.05) is 37.5 Å². The Morgan fingerprint density at radius 3 is 2.19 bits per heavy atom. The van der Waals surface area contributed by atoms with Gasteiger partial charge in [0.1, 0.15) is 11.5 Å². The summed E-state index contributed by atoms with van der Waals surface area (Å²) in [5, 5.41) is 11.4. The van der Waals surface area contributed by atoms with Gasteiger partial charge in [-0.15, -0.1) is 12.4 Å². The van der Waals surface area contributed by atoms with Gasteiger partial charge >= 0.3 is 0 Å². The van der Waals surface area contributed by atoms with Gasteiger partial charge in [0.25, 0.3) is 0 Å². The van der Waals surface area contributed by atoms with Crippen molar-refractivity contribution >= 4 is 23.4 Å². The van der Waals surface area contributed by atoms with Crippen LogP contribution in [0.4, 0.5) is 0 Å². The molecule has 0 saturated carbocycles. The third-order valence-electron chi connectivity index (χ3n) is 5.63. The highest BCUT2D eigenvalue weighted by Gasteiger charge is 2.17. The zero-order chi connectivity index (χ0) is 24.1. The van der Waals surface area contributed by atoms with E-state index in [4.69, 9.17) is 14.5 Å². The number of halogens is 1. The monoisotopic (exact) mass is 512 g/mol. The van der Waals surface area contributed by atoms with Crippen LogP contribution >= 0.6 is 12.4 Å². The van der Waals surface area contributed by atoms with E-state index < -0.39 is 0 Å². The first kappa shape index (κ1) is 29.0. The highest BCUT2D eigenvalue weighted by atomic mass is 35.5. The molecular weight excluding hydrogens is 476 g/mol. The molecule has 2 aromatic heterocycles. The number of aromatic nitrogens is 4. The van der Waals surface area contributed by atoms with E-state index in [0.29, 0.717) is 6.04 Å². The zero-order valence-corrected chi connectivity index (χ0v) is 21.6. The summed E-state index contributed by atoms with van der Waals surface area (Å²) in [5.74, 6) is 1.50. The first-order valence-electron chi connectivity index (χ1n) is 11.4. The summed E-state index contributed by atoms with van der Waals surface area (Å²) in [5.41, 5.74) is 5.56. The van der Waals surface area contributed by atoms with Gasteiger partial charge < -0.3 is 20.1 Å². The van der Waals surface area contributed by atoms with Crippen LogP contribution in [0.3, 0.4) is 0 Å². The van der Waals surface area contributed by atoms with Gasteiger partial charge in [-0.2, -0.15) is 5.10 Å². The molecule has 0 spiro atoms. The number of hydrogen-bond donors (Lipinski definition) is 2. The number of benzene rings is 2. The molecular formula is C27H37ClN6O2. The second-order valence-corrected chi connectivity index (χ2v) is 8.55. The number of methoxy groups -OCH3 is 2. The number of hydrogen-bond acceptors (Lipinski definition) is 7. The normalized spacial score (nSPS) is 11.6. The van der Waals surface area contributed by atoms with Crippen LogP contribution in [0.15, 0.2) is 55.0 Å². The van der Waals surface area contributed by atoms with Crippen LogP contribution in [-0.4, -0.2) is 53.1 Å². The fourth-order valence-corrected chi connectivity index (χ4v) is 3.90. The fourth-order valence-electron chi connectivity index (χ4n) is 3.90. The molecule has 0 aliphatic rings. The average molecular weight is 513 g/mol. The van der Waals surface area contributed by atoms with E-state index in [2.05, 4.69) is 46.7 Å². The topological polar surface area (TPSA) is 86.1 Å². The first-order chi connectivity index (χ1) is 16.5. The molecule has 9 heteroatoms. The van der Waals surface area contributed by atoms with Crippen molar-refractivity contribution in [1.82, 2.24) is 30.4 Å². The minimum atomic E-state index is -0.0776. The Kier molecular flexibility index (Phi) is 10.6. The Morgan fingerprint density at radius 2 is 1.58 bits per heavy atom. The molecule has 2 N–H and O–H groups in total. The Balaban J connectivity index is 0.00000228. The van der Waals surface area contributed by atoms with Crippen LogP contribution < -0.4 is 20.1 Å². The van der Waals surface area contributed by atoms with Gasteiger partial charge in [0.05, 0.1) is 49.4 Å². The lowest BCUT2D eigenvalue weighted by Gasteiger charge is -2.22. The standard InChI is InChI=1S/C26H32N6O2.CH4.ClH/c1-17(2)27-8-9-28-26(19-10-21(33-4)13-22(11-19)34-5)18-6-7-23-24(12-18)31-25(15-29-23)20-14-30-32(3)16-20;;/h6-7,10-17,26-28H,8-9H2,1-5H3;1H4;1H/t26-;;/m0../s1. The van der Waals surface area contributed by atoms with E-state index in [1.165, 1.54) is 0 Å². The van der Waals surface area contributed by atoms with Crippen molar-refractivity contribution < 1.29 is 9.47 Å². The van der Waals surface area contributed by atoms with Crippen molar-refractivity contribution in [3.05, 3.63) is 66.1 Å². The maximum Gasteiger partial charge on any atom is 0.122 e. The van der Waals surface area contributed by atoms with E-state index in [0.717, 1.165) is 58.0 Å². The predicted molar refractivity (Wildman–Crippen MR) is 148 cm³/mol. The van der Waals surface area contributed by atoms with Crippen molar-refractivity contribution in [2.45, 2.75) is 33.4 Å². The smallest absolute Gasteiger partial charge is 0.122 e. The van der Waals surface area contributed by atoms with Crippen LogP contribution in [0.25, 0.3) is 22.3 Å². The van der Waals surface area contributed by atoms with Crippen LogP contribution in [0.5, 0.6) is 11.5 Å². The van der Waals surface area contributed by atoms with Crippen molar-refractivity contribution in [1.29, 1.82) is 0 Å². The molecule has 0 aliphatic heterocycles. The summed E-state index contributed by atoms with van der Waals surface area (Å²) in [6.45, 7) is 5.94. The van der Waals surface area contributed by atoms with Crippen LogP contribution in [0.2, 0.25) is 0 Å². The van der Waals surface area contributed by atoms with Gasteiger partial charge in [-0.1, -0.05) is 27.3 Å². The SMILES string of the molecule is C.COc1cc(OC)cc([C@@H](NCCNC(C)C)c2ccc3ncc(-c4cnn(C)c4)nc3c2)c1.Cl. The van der Waals surface area contributed by atoms with Gasteiger partial charge in [-0.3, -0.25) is 9.67 Å². The summed E-state index contributed by atoms with van der Waals surface area (Å²) in [4.78, 5) is 9.50. The van der Waals surface area contributed by atoms with Crippen LogP contribution in [0.1, 0.15) is 38.4 Å². The summed E-state index contributed by atoms with van der Waals surface area (Å²) in [7, 11) is 5.22. The number of rotatable bonds is 10. The Morgan fingerprint density at radius 1 is 0.889 bits per heavy atom. The molecule has 0 radical (unpaired) electrons. The van der Waals surface area contributed by atoms with Crippen molar-refractivity contribution in [2.24, 2.45) is 7.05 Å². The predicted octanol–water partition coefficient (Wildman–Crippen LogP) is 4.78. The van der Waals surface area contributed by atoms with Crippen LogP contribution in [-0.2, 0) is 7.05 Å². The quantitative estimate of drug-likeness (QED) is 0.296. The van der Waals surface area contributed by atoms with E-state index in [-0.39, 0.29) is 25.9 Å². The number of nitrogens with zero attached hydrogens (tertiary/aromatic N) is 4. The average Bonchev–Trinajstić information content (AvgIpc) is 3.29. The van der Waals surface area contributed by atoms with Gasteiger partial charge in [-0.25, -0.2) is 4.98 Å². The van der Waals surface area contributed by atoms with Crippen LogP contribution in [0, 0.1) is 0 Å². The highest BCUT2D eigenvalue weighted by Crippen LogP contribution is 2.31. The summed E-state index contributed by atoms with van der Waals surface area (Å²) >= 11 is 0. The number of ether oxygens (including phenoxy) is 2. The van der Waals surface area contributed by atoms with Gasteiger partial charge in [0, 0.05) is 44.0 Å². The number of aryl methyl sites for hydroxylation is 1. The third kappa shape index (κ3) is 6.94. The summed E-state index contributed by atoms with van der Waals surface area (Å²) < 4.78 is 12.8. The maximum absolute atomic E-state index is 5.53. The minimum Gasteiger partial charge on any atom is -0.497 e. The molecule has 194 valence electrons. The molecule has 0 bridgehead atoms. The zero-order valence-electron chi connectivity index (χ0n) is 20.8. The Bertz CT molecular complexity index is 1240. The highest BCUT2D eigenvalue weighted by molar-refractivity contribution is 5.85. The molecule has 8 nitrogen and oxygen atoms in total. The Labute approximate surface area is 219 Å². The van der Waals surface area contributed by atoms with Gasteiger partial charge in [0.15, 0.2) is 0 Å². The van der Waals surface area contributed by atoms with Crippen molar-refractivity contribution in [3.8, 4) is 22.8 Å². The lowest BCUT2D eigenvalue weighted by atomic mass is 9.97. The maximum atomic E-state index is 5.53. The molecule has 0 amide bonds. The molecule has 4 rings (SSSR count). The second kappa shape index (κ2) is 13.2. The largest absolute Gasteiger partial charge is 0.497 e. The molecule has 0 saturated heterocycles. The van der Waals surface area contributed by atoms with Gasteiger partial charge in [-0.05, 0) is 35.4 Å². The minimum absolute atomic E-state index is 0. The molecule has 0 fully saturated rings. The third-order valence-corrected chi connectivity index (χ3v) is 5.63. The summed E-state index contributed by atoms with van der Waals surface area (Å²) in [6.07, 6.45) is 5.53. The van der Waals surface area contributed by atoms with E-state index in [9.17, 15) is 0 Å².